The maximum Gasteiger partial charge on any atom is 0.297 e. The van der Waals surface area contributed by atoms with Crippen LogP contribution in [0.4, 0.5) is 11.5 Å². The van der Waals surface area contributed by atoms with E-state index in [-0.39, 0.29) is 11.6 Å². The molecule has 1 aromatic carbocycles. The van der Waals surface area contributed by atoms with Crippen molar-refractivity contribution in [3.63, 3.8) is 0 Å². The minimum Gasteiger partial charge on any atom is -0.307 e. The highest BCUT2D eigenvalue weighted by Crippen LogP contribution is 2.21. The first-order chi connectivity index (χ1) is 15.6. The number of rotatable bonds is 5. The third kappa shape index (κ3) is 4.85. The van der Waals surface area contributed by atoms with Gasteiger partial charge in [0.25, 0.3) is 11.8 Å². The number of aliphatic imine (C=N–C) groups is 1. The number of hydrogen-bond acceptors (Lipinski definition) is 7. The second kappa shape index (κ2) is 9.63. The second-order valence-electron chi connectivity index (χ2n) is 6.40. The Hall–Kier alpha value is -4.37. The van der Waals surface area contributed by atoms with Gasteiger partial charge >= 0.3 is 0 Å². The average Bonchev–Trinajstić information content (AvgIpc) is 3.11. The molecule has 4 rings (SSSR count). The van der Waals surface area contributed by atoms with Crippen molar-refractivity contribution in [2.75, 3.05) is 10.3 Å². The van der Waals surface area contributed by atoms with Crippen LogP contribution in [-0.2, 0) is 0 Å². The van der Waals surface area contributed by atoms with Crippen LogP contribution in [0.25, 0.3) is 0 Å². The molecule has 0 aliphatic carbocycles. The van der Waals surface area contributed by atoms with Crippen LogP contribution in [0, 0.1) is 0 Å². The Kier molecular flexibility index (Phi) is 6.28. The van der Waals surface area contributed by atoms with Crippen molar-refractivity contribution in [1.29, 1.82) is 0 Å². The number of amides is 2. The van der Waals surface area contributed by atoms with Crippen molar-refractivity contribution in [2.24, 2.45) is 4.99 Å². The van der Waals surface area contributed by atoms with E-state index in [1.54, 1.807) is 61.0 Å². The number of hydrazine groups is 1. The van der Waals surface area contributed by atoms with E-state index in [4.69, 9.17) is 11.6 Å². The Bertz CT molecular complexity index is 1180. The maximum atomic E-state index is 13.2. The summed E-state index contributed by atoms with van der Waals surface area (Å²) in [7, 11) is 0. The first-order valence-electron chi connectivity index (χ1n) is 9.40. The molecular weight excluding hydrogens is 430 g/mol. The zero-order chi connectivity index (χ0) is 22.3. The summed E-state index contributed by atoms with van der Waals surface area (Å²) in [6.07, 6.45) is 14.0. The van der Waals surface area contributed by atoms with Gasteiger partial charge in [0.15, 0.2) is 0 Å². The highest BCUT2D eigenvalue weighted by molar-refractivity contribution is 6.30. The van der Waals surface area contributed by atoms with Gasteiger partial charge in [-0.1, -0.05) is 11.6 Å². The number of carbonyl (C=O) groups is 2. The molecule has 0 fully saturated rings. The van der Waals surface area contributed by atoms with Gasteiger partial charge in [-0.2, -0.15) is 0 Å². The summed E-state index contributed by atoms with van der Waals surface area (Å²) in [6.45, 7) is 0. The number of allylic oxidation sites excluding steroid dienone is 2. The smallest absolute Gasteiger partial charge is 0.297 e. The van der Waals surface area contributed by atoms with Crippen LogP contribution in [0.2, 0.25) is 5.02 Å². The normalized spacial score (nSPS) is 12.3. The van der Waals surface area contributed by atoms with E-state index in [1.165, 1.54) is 41.1 Å². The predicted octanol–water partition coefficient (Wildman–Crippen LogP) is 3.71. The van der Waals surface area contributed by atoms with Crippen LogP contribution in [0.15, 0.2) is 90.7 Å². The number of pyridine rings is 1. The molecule has 2 amide bonds. The van der Waals surface area contributed by atoms with Gasteiger partial charge in [-0.25, -0.2) is 25.0 Å². The van der Waals surface area contributed by atoms with E-state index in [0.717, 1.165) is 0 Å². The molecule has 9 nitrogen and oxygen atoms in total. The third-order valence-corrected chi connectivity index (χ3v) is 4.48. The van der Waals surface area contributed by atoms with E-state index in [1.807, 2.05) is 0 Å². The summed E-state index contributed by atoms with van der Waals surface area (Å²) in [6, 6.07) is 9.75. The average molecular weight is 446 g/mol. The molecule has 0 atom stereocenters. The highest BCUT2D eigenvalue weighted by atomic mass is 35.5. The van der Waals surface area contributed by atoms with E-state index < -0.39 is 5.91 Å². The number of benzene rings is 1. The van der Waals surface area contributed by atoms with Gasteiger partial charge in [0.2, 0.25) is 0 Å². The van der Waals surface area contributed by atoms with E-state index in [2.05, 4.69) is 25.3 Å². The highest BCUT2D eigenvalue weighted by Gasteiger charge is 2.24. The summed E-state index contributed by atoms with van der Waals surface area (Å²) in [4.78, 5) is 42.0. The lowest BCUT2D eigenvalue weighted by molar-refractivity contribution is 0.0948. The molecule has 0 saturated carbocycles. The summed E-state index contributed by atoms with van der Waals surface area (Å²) in [5.74, 6) is -0.390. The van der Waals surface area contributed by atoms with Crippen LogP contribution >= 0.6 is 11.6 Å². The summed E-state index contributed by atoms with van der Waals surface area (Å²) in [5.41, 5.74) is 1.04. The van der Waals surface area contributed by atoms with Gasteiger partial charge in [0, 0.05) is 36.6 Å². The van der Waals surface area contributed by atoms with Gasteiger partial charge in [-0.05, 0) is 48.6 Å². The maximum absolute atomic E-state index is 13.2. The van der Waals surface area contributed by atoms with Crippen LogP contribution in [-0.4, -0.2) is 38.1 Å². The molecule has 32 heavy (non-hydrogen) atoms. The molecule has 3 heterocycles. The predicted molar refractivity (Wildman–Crippen MR) is 121 cm³/mol. The summed E-state index contributed by atoms with van der Waals surface area (Å²) < 4.78 is 0. The van der Waals surface area contributed by atoms with Crippen molar-refractivity contribution in [3.8, 4) is 0 Å². The second-order valence-corrected chi connectivity index (χ2v) is 6.83. The fraction of sp³-hybridized carbons (Fsp3) is 0. The number of aromatic nitrogens is 3. The van der Waals surface area contributed by atoms with Crippen molar-refractivity contribution in [1.82, 2.24) is 20.0 Å². The molecule has 158 valence electrons. The minimum absolute atomic E-state index is 0.155. The summed E-state index contributed by atoms with van der Waals surface area (Å²) in [5, 5.41) is 6.06. The number of carbonyl (C=O) groups excluding carboxylic acids is 2. The monoisotopic (exact) mass is 445 g/mol. The Morgan fingerprint density at radius 1 is 0.969 bits per heavy atom. The van der Waals surface area contributed by atoms with E-state index >= 15 is 0 Å². The zero-order valence-corrected chi connectivity index (χ0v) is 17.3. The minimum atomic E-state index is -0.418. The Labute approximate surface area is 188 Å². The fourth-order valence-corrected chi connectivity index (χ4v) is 2.88. The van der Waals surface area contributed by atoms with Crippen molar-refractivity contribution < 1.29 is 9.59 Å². The van der Waals surface area contributed by atoms with Gasteiger partial charge in [0.05, 0.1) is 16.9 Å². The molecule has 0 bridgehead atoms. The molecule has 0 unspecified atom stereocenters. The van der Waals surface area contributed by atoms with Crippen LogP contribution < -0.4 is 10.3 Å². The standard InChI is InChI=1S/C22H16ClN7O2/c23-17-5-8-20(27-13-17)28-21(31)16-3-6-18(7-4-16)30(29-12-2-1-9-25-15-29)22(32)19-14-24-10-11-26-19/h1-15H,(H,27,28,31). The Balaban J connectivity index is 1.60. The third-order valence-electron chi connectivity index (χ3n) is 4.26. The number of anilines is 2. The number of hydrogen-bond donors (Lipinski definition) is 1. The quantitative estimate of drug-likeness (QED) is 0.642. The molecule has 0 saturated heterocycles. The molecule has 0 radical (unpaired) electrons. The lowest BCUT2D eigenvalue weighted by Crippen LogP contribution is -2.43. The van der Waals surface area contributed by atoms with Gasteiger partial charge < -0.3 is 5.32 Å². The molecule has 1 aliphatic heterocycles. The largest absolute Gasteiger partial charge is 0.307 e. The lowest BCUT2D eigenvalue weighted by Gasteiger charge is -2.30. The first kappa shape index (κ1) is 20.9. The molecule has 10 heteroatoms. The molecule has 1 N–H and O–H groups in total. The van der Waals surface area contributed by atoms with E-state index in [9.17, 15) is 9.59 Å². The molecule has 1 aliphatic rings. The first-order valence-corrected chi connectivity index (χ1v) is 9.78. The topological polar surface area (TPSA) is 104 Å². The fourth-order valence-electron chi connectivity index (χ4n) is 2.77. The van der Waals surface area contributed by atoms with Crippen molar-refractivity contribution in [2.45, 2.75) is 0 Å². The Morgan fingerprint density at radius 3 is 2.53 bits per heavy atom. The SMILES string of the molecule is O=C(Nc1ccc(Cl)cn1)c1ccc(N(C(=O)c2cnccn2)N2C=CC=CN=C2)cc1. The van der Waals surface area contributed by atoms with Gasteiger partial charge in [0.1, 0.15) is 17.9 Å². The van der Waals surface area contributed by atoms with Crippen LogP contribution in [0.5, 0.6) is 0 Å². The number of halogens is 1. The number of nitrogens with zero attached hydrogens (tertiary/aromatic N) is 6. The zero-order valence-electron chi connectivity index (χ0n) is 16.5. The molecule has 2 aromatic heterocycles. The van der Waals surface area contributed by atoms with Crippen molar-refractivity contribution >= 4 is 41.3 Å². The lowest BCUT2D eigenvalue weighted by atomic mass is 10.2. The van der Waals surface area contributed by atoms with Crippen molar-refractivity contribution in [3.05, 3.63) is 102 Å². The Morgan fingerprint density at radius 2 is 1.81 bits per heavy atom. The van der Waals surface area contributed by atoms with Crippen LogP contribution in [0.1, 0.15) is 20.8 Å². The van der Waals surface area contributed by atoms with Gasteiger partial charge in [-0.3, -0.25) is 14.6 Å². The molecular formula is C22H16ClN7O2. The van der Waals surface area contributed by atoms with E-state index in [0.29, 0.717) is 22.1 Å². The van der Waals surface area contributed by atoms with Crippen LogP contribution in [0.3, 0.4) is 0 Å². The van der Waals surface area contributed by atoms with Gasteiger partial charge in [-0.15, -0.1) is 0 Å². The summed E-state index contributed by atoms with van der Waals surface area (Å²) >= 11 is 5.82. The molecule has 3 aromatic rings. The number of nitrogens with one attached hydrogen (secondary N) is 1. The molecule has 0 spiro atoms.